The molecule has 9 heteroatoms. The van der Waals surface area contributed by atoms with E-state index in [0.717, 1.165) is 13.1 Å². The zero-order valence-corrected chi connectivity index (χ0v) is 15.7. The number of aromatic nitrogens is 3. The molecule has 0 spiro atoms. The molecule has 0 radical (unpaired) electrons. The summed E-state index contributed by atoms with van der Waals surface area (Å²) in [4.78, 5) is 16.0. The number of nitrogens with zero attached hydrogens (tertiary/aromatic N) is 5. The zero-order chi connectivity index (χ0) is 17.7. The Morgan fingerprint density at radius 3 is 2.54 bits per heavy atom. The zero-order valence-electron chi connectivity index (χ0n) is 14.9. The molecule has 1 fully saturated rings. The van der Waals surface area contributed by atoms with E-state index < -0.39 is 5.60 Å². The second-order valence-electron chi connectivity index (χ2n) is 6.83. The molecule has 0 aromatic carbocycles. The molecule has 0 aliphatic carbocycles. The third kappa shape index (κ3) is 5.29. The van der Waals surface area contributed by atoms with Gasteiger partial charge < -0.3 is 18.9 Å². The fourth-order valence-corrected chi connectivity index (χ4v) is 2.64. The number of carbonyl (C=O) groups is 1. The Morgan fingerprint density at radius 1 is 1.29 bits per heavy atom. The number of piperazine rings is 1. The quantitative estimate of drug-likeness (QED) is 0.746. The minimum atomic E-state index is -0.462. The van der Waals surface area contributed by atoms with E-state index in [1.165, 1.54) is 0 Å². The lowest BCUT2D eigenvalue weighted by Gasteiger charge is -2.35. The Hall–Kier alpha value is -1.45. The van der Waals surface area contributed by atoms with E-state index in [-0.39, 0.29) is 6.09 Å². The summed E-state index contributed by atoms with van der Waals surface area (Å²) < 4.78 is 14.9. The minimum Gasteiger partial charge on any atom is -0.444 e. The van der Waals surface area contributed by atoms with Gasteiger partial charge in [-0.05, 0) is 33.0 Å². The van der Waals surface area contributed by atoms with Crippen molar-refractivity contribution in [2.75, 3.05) is 39.9 Å². The Kier molecular flexibility index (Phi) is 6.36. The lowest BCUT2D eigenvalue weighted by atomic mass is 10.2. The molecule has 1 aromatic heterocycles. The predicted octanol–water partition coefficient (Wildman–Crippen LogP) is 1.57. The van der Waals surface area contributed by atoms with Gasteiger partial charge in [-0.15, -0.1) is 0 Å². The second kappa shape index (κ2) is 8.09. The van der Waals surface area contributed by atoms with Crippen molar-refractivity contribution in [3.05, 3.63) is 11.1 Å². The first-order valence-corrected chi connectivity index (χ1v) is 8.52. The van der Waals surface area contributed by atoms with Crippen molar-refractivity contribution >= 4 is 18.3 Å². The van der Waals surface area contributed by atoms with Crippen LogP contribution in [0.15, 0.2) is 6.33 Å². The highest BCUT2D eigenvalue weighted by molar-refractivity contribution is 7.71. The number of carbonyl (C=O) groups excluding carboxylic acids is 1. The highest BCUT2D eigenvalue weighted by Crippen LogP contribution is 2.12. The van der Waals surface area contributed by atoms with E-state index in [9.17, 15) is 4.79 Å². The fourth-order valence-electron chi connectivity index (χ4n) is 2.40. The molecule has 0 atom stereocenters. The summed E-state index contributed by atoms with van der Waals surface area (Å²) in [5.41, 5.74) is -0.462. The van der Waals surface area contributed by atoms with E-state index >= 15 is 0 Å². The molecule has 2 heterocycles. The number of methoxy groups -OCH3 is 1. The Balaban J connectivity index is 1.84. The van der Waals surface area contributed by atoms with E-state index in [1.54, 1.807) is 23.0 Å². The SMILES string of the molecule is COCCn1cnn(CN2CCN(C(=O)OC(C)(C)C)CC2)c1=S. The number of hydrogen-bond acceptors (Lipinski definition) is 6. The topological polar surface area (TPSA) is 64.8 Å². The third-order valence-electron chi connectivity index (χ3n) is 3.69. The first-order chi connectivity index (χ1) is 11.3. The van der Waals surface area contributed by atoms with Crippen molar-refractivity contribution in [2.45, 2.75) is 39.6 Å². The van der Waals surface area contributed by atoms with Crippen LogP contribution in [-0.4, -0.2) is 75.7 Å². The Morgan fingerprint density at radius 2 is 1.96 bits per heavy atom. The van der Waals surface area contributed by atoms with Crippen molar-refractivity contribution in [3.8, 4) is 0 Å². The van der Waals surface area contributed by atoms with Crippen molar-refractivity contribution in [2.24, 2.45) is 0 Å². The molecular weight excluding hydrogens is 330 g/mol. The van der Waals surface area contributed by atoms with Crippen LogP contribution in [0.4, 0.5) is 4.79 Å². The molecule has 136 valence electrons. The minimum absolute atomic E-state index is 0.248. The van der Waals surface area contributed by atoms with Crippen LogP contribution in [0.25, 0.3) is 0 Å². The van der Waals surface area contributed by atoms with E-state index in [4.69, 9.17) is 21.7 Å². The first kappa shape index (κ1) is 18.9. The molecule has 2 rings (SSSR count). The maximum Gasteiger partial charge on any atom is 0.410 e. The molecule has 0 unspecified atom stereocenters. The van der Waals surface area contributed by atoms with Crippen LogP contribution in [0.2, 0.25) is 0 Å². The van der Waals surface area contributed by atoms with Gasteiger partial charge in [0.05, 0.1) is 13.3 Å². The van der Waals surface area contributed by atoms with Crippen molar-refractivity contribution in [3.63, 3.8) is 0 Å². The van der Waals surface area contributed by atoms with Gasteiger partial charge in [-0.2, -0.15) is 5.10 Å². The molecule has 1 saturated heterocycles. The maximum absolute atomic E-state index is 12.1. The van der Waals surface area contributed by atoms with E-state index in [0.29, 0.717) is 37.7 Å². The third-order valence-corrected chi connectivity index (χ3v) is 4.14. The molecule has 1 amide bonds. The summed E-state index contributed by atoms with van der Waals surface area (Å²) in [7, 11) is 1.66. The van der Waals surface area contributed by atoms with Gasteiger partial charge in [-0.25, -0.2) is 9.48 Å². The highest BCUT2D eigenvalue weighted by atomic mass is 32.1. The predicted molar refractivity (Wildman–Crippen MR) is 92.3 cm³/mol. The molecule has 24 heavy (non-hydrogen) atoms. The van der Waals surface area contributed by atoms with Gasteiger partial charge in [0, 0.05) is 39.8 Å². The summed E-state index contributed by atoms with van der Waals surface area (Å²) >= 11 is 5.43. The van der Waals surface area contributed by atoms with Crippen molar-refractivity contribution < 1.29 is 14.3 Å². The summed E-state index contributed by atoms with van der Waals surface area (Å²) in [5, 5.41) is 4.34. The molecule has 0 bridgehead atoms. The second-order valence-corrected chi connectivity index (χ2v) is 7.19. The average molecular weight is 357 g/mol. The smallest absolute Gasteiger partial charge is 0.410 e. The summed E-state index contributed by atoms with van der Waals surface area (Å²) in [5.74, 6) is 0. The first-order valence-electron chi connectivity index (χ1n) is 8.11. The van der Waals surface area contributed by atoms with Crippen LogP contribution in [0.5, 0.6) is 0 Å². The van der Waals surface area contributed by atoms with Gasteiger partial charge in [-0.3, -0.25) is 4.90 Å². The van der Waals surface area contributed by atoms with Crippen LogP contribution in [-0.2, 0) is 22.7 Å². The monoisotopic (exact) mass is 357 g/mol. The molecular formula is C15H27N5O3S. The van der Waals surface area contributed by atoms with Gasteiger partial charge in [0.1, 0.15) is 11.9 Å². The Labute approximate surface area is 147 Å². The lowest BCUT2D eigenvalue weighted by Crippen LogP contribution is -2.50. The average Bonchev–Trinajstić information content (AvgIpc) is 2.85. The number of ether oxygens (including phenoxy) is 2. The van der Waals surface area contributed by atoms with Crippen LogP contribution < -0.4 is 0 Å². The fraction of sp³-hybridized carbons (Fsp3) is 0.800. The molecule has 0 saturated carbocycles. The summed E-state index contributed by atoms with van der Waals surface area (Å²) in [6.45, 7) is 10.4. The molecule has 1 aliphatic rings. The standard InChI is InChI=1S/C15H27N5O3S/c1-15(2,3)23-14(21)18-7-5-17(6-8-18)12-20-13(24)19(11-16-20)9-10-22-4/h11H,5-10,12H2,1-4H3. The van der Waals surface area contributed by atoms with Gasteiger partial charge in [0.15, 0.2) is 4.77 Å². The lowest BCUT2D eigenvalue weighted by molar-refractivity contribution is 0.0113. The summed E-state index contributed by atoms with van der Waals surface area (Å²) in [6, 6.07) is 0. The van der Waals surface area contributed by atoms with Gasteiger partial charge in [0.2, 0.25) is 0 Å². The number of rotatable bonds is 5. The Bertz CT molecular complexity index is 599. The van der Waals surface area contributed by atoms with Gasteiger partial charge >= 0.3 is 6.09 Å². The normalized spacial score (nSPS) is 16.4. The van der Waals surface area contributed by atoms with Gasteiger partial charge in [-0.1, -0.05) is 0 Å². The van der Waals surface area contributed by atoms with Crippen molar-refractivity contribution in [1.82, 2.24) is 24.1 Å². The van der Waals surface area contributed by atoms with Gasteiger partial charge in [0.25, 0.3) is 0 Å². The number of amides is 1. The van der Waals surface area contributed by atoms with E-state index in [1.807, 2.05) is 25.3 Å². The van der Waals surface area contributed by atoms with Crippen LogP contribution >= 0.6 is 12.2 Å². The van der Waals surface area contributed by atoms with Crippen LogP contribution in [0, 0.1) is 4.77 Å². The maximum atomic E-state index is 12.1. The number of hydrogen-bond donors (Lipinski definition) is 0. The summed E-state index contributed by atoms with van der Waals surface area (Å²) in [6.07, 6.45) is 1.49. The molecule has 1 aliphatic heterocycles. The molecule has 1 aromatic rings. The largest absolute Gasteiger partial charge is 0.444 e. The molecule has 0 N–H and O–H groups in total. The van der Waals surface area contributed by atoms with Crippen LogP contribution in [0.3, 0.4) is 0 Å². The van der Waals surface area contributed by atoms with Crippen LogP contribution in [0.1, 0.15) is 20.8 Å². The highest BCUT2D eigenvalue weighted by Gasteiger charge is 2.26. The molecule has 8 nitrogen and oxygen atoms in total. The van der Waals surface area contributed by atoms with Crippen molar-refractivity contribution in [1.29, 1.82) is 0 Å². The van der Waals surface area contributed by atoms with E-state index in [2.05, 4.69) is 10.00 Å².